The summed E-state index contributed by atoms with van der Waals surface area (Å²) in [5.74, 6) is 0.339. The predicted octanol–water partition coefficient (Wildman–Crippen LogP) is 3.03. The lowest BCUT2D eigenvalue weighted by Crippen LogP contribution is -2.31. The van der Waals surface area contributed by atoms with Crippen LogP contribution in [0.5, 0.6) is 0 Å². The van der Waals surface area contributed by atoms with Crippen molar-refractivity contribution in [2.45, 2.75) is 37.6 Å². The molecule has 2 nitrogen and oxygen atoms in total. The van der Waals surface area contributed by atoms with Crippen LogP contribution < -0.4 is 0 Å². The van der Waals surface area contributed by atoms with Crippen molar-refractivity contribution in [3.63, 3.8) is 0 Å². The van der Waals surface area contributed by atoms with Crippen LogP contribution in [0.2, 0.25) is 0 Å². The summed E-state index contributed by atoms with van der Waals surface area (Å²) < 4.78 is 43.0. The molecule has 0 spiro atoms. The van der Waals surface area contributed by atoms with E-state index in [4.69, 9.17) is 4.74 Å². The monoisotopic (exact) mass is 274 g/mol. The Morgan fingerprint density at radius 3 is 2.58 bits per heavy atom. The molecule has 19 heavy (non-hydrogen) atoms. The van der Waals surface area contributed by atoms with E-state index in [9.17, 15) is 18.3 Å². The molecule has 2 atom stereocenters. The highest BCUT2D eigenvalue weighted by atomic mass is 19.4. The molecule has 0 aromatic heterocycles. The highest BCUT2D eigenvalue weighted by molar-refractivity contribution is 5.26. The SMILES string of the molecule is COC(C(O)Cc1cccc(C(F)(F)F)c1)C1CC1. The van der Waals surface area contributed by atoms with E-state index >= 15 is 0 Å². The third-order valence-corrected chi connectivity index (χ3v) is 3.44. The molecule has 0 radical (unpaired) electrons. The van der Waals surface area contributed by atoms with Crippen molar-refractivity contribution < 1.29 is 23.0 Å². The van der Waals surface area contributed by atoms with Crippen LogP contribution in [0.15, 0.2) is 24.3 Å². The number of hydrogen-bond acceptors (Lipinski definition) is 2. The molecule has 1 fully saturated rings. The fraction of sp³-hybridized carbons (Fsp3) is 0.571. The first-order chi connectivity index (χ1) is 8.91. The topological polar surface area (TPSA) is 29.5 Å². The van der Waals surface area contributed by atoms with E-state index in [-0.39, 0.29) is 12.5 Å². The highest BCUT2D eigenvalue weighted by Gasteiger charge is 2.36. The summed E-state index contributed by atoms with van der Waals surface area (Å²) in [6.45, 7) is 0. The summed E-state index contributed by atoms with van der Waals surface area (Å²) in [6.07, 6.45) is -3.19. The van der Waals surface area contributed by atoms with E-state index in [0.717, 1.165) is 25.0 Å². The van der Waals surface area contributed by atoms with Gasteiger partial charge in [-0.3, -0.25) is 0 Å². The van der Waals surface area contributed by atoms with Crippen molar-refractivity contribution in [3.8, 4) is 0 Å². The molecule has 0 heterocycles. The van der Waals surface area contributed by atoms with Crippen LogP contribution in [-0.4, -0.2) is 24.4 Å². The Kier molecular flexibility index (Phi) is 4.16. The second kappa shape index (κ2) is 5.51. The summed E-state index contributed by atoms with van der Waals surface area (Å²) >= 11 is 0. The fourth-order valence-corrected chi connectivity index (χ4v) is 2.32. The maximum Gasteiger partial charge on any atom is 0.416 e. The molecule has 0 amide bonds. The van der Waals surface area contributed by atoms with Crippen molar-refractivity contribution >= 4 is 0 Å². The van der Waals surface area contributed by atoms with Crippen LogP contribution in [0.25, 0.3) is 0 Å². The third-order valence-electron chi connectivity index (χ3n) is 3.44. The largest absolute Gasteiger partial charge is 0.416 e. The minimum absolute atomic E-state index is 0.179. The molecule has 2 rings (SSSR count). The Hall–Kier alpha value is -1.07. The molecular weight excluding hydrogens is 257 g/mol. The zero-order chi connectivity index (χ0) is 14.0. The number of ether oxygens (including phenoxy) is 1. The summed E-state index contributed by atoms with van der Waals surface area (Å²) in [6, 6.07) is 5.08. The maximum absolute atomic E-state index is 12.6. The first-order valence-electron chi connectivity index (χ1n) is 6.29. The number of aliphatic hydroxyl groups excluding tert-OH is 1. The molecule has 1 aliphatic rings. The van der Waals surface area contributed by atoms with Gasteiger partial charge in [0, 0.05) is 13.5 Å². The first-order valence-corrected chi connectivity index (χ1v) is 6.29. The molecule has 2 unspecified atom stereocenters. The van der Waals surface area contributed by atoms with E-state index in [1.807, 2.05) is 0 Å². The van der Waals surface area contributed by atoms with Gasteiger partial charge in [0.1, 0.15) is 0 Å². The molecule has 0 bridgehead atoms. The number of benzene rings is 1. The molecule has 0 aliphatic heterocycles. The van der Waals surface area contributed by atoms with Gasteiger partial charge in [-0.05, 0) is 30.4 Å². The van der Waals surface area contributed by atoms with Gasteiger partial charge in [0.2, 0.25) is 0 Å². The number of rotatable bonds is 5. The van der Waals surface area contributed by atoms with Crippen molar-refractivity contribution in [1.82, 2.24) is 0 Å². The Morgan fingerprint density at radius 2 is 2.05 bits per heavy atom. The number of methoxy groups -OCH3 is 1. The van der Waals surface area contributed by atoms with Crippen molar-refractivity contribution in [3.05, 3.63) is 35.4 Å². The zero-order valence-corrected chi connectivity index (χ0v) is 10.7. The Bertz CT molecular complexity index is 427. The lowest BCUT2D eigenvalue weighted by molar-refractivity contribution is -0.137. The van der Waals surface area contributed by atoms with Gasteiger partial charge in [-0.1, -0.05) is 18.2 Å². The molecule has 106 valence electrons. The second-order valence-corrected chi connectivity index (χ2v) is 5.01. The van der Waals surface area contributed by atoms with E-state index in [0.29, 0.717) is 11.5 Å². The van der Waals surface area contributed by atoms with Gasteiger partial charge < -0.3 is 9.84 Å². The number of alkyl halides is 3. The smallest absolute Gasteiger partial charge is 0.390 e. The number of hydrogen-bond donors (Lipinski definition) is 1. The molecule has 1 saturated carbocycles. The van der Waals surface area contributed by atoms with E-state index in [1.54, 1.807) is 6.07 Å². The molecule has 5 heteroatoms. The van der Waals surface area contributed by atoms with Gasteiger partial charge in [-0.25, -0.2) is 0 Å². The van der Waals surface area contributed by atoms with Crippen LogP contribution in [0.4, 0.5) is 13.2 Å². The minimum Gasteiger partial charge on any atom is -0.390 e. The summed E-state index contributed by atoms with van der Waals surface area (Å²) in [4.78, 5) is 0. The van der Waals surface area contributed by atoms with Gasteiger partial charge in [-0.2, -0.15) is 13.2 Å². The van der Waals surface area contributed by atoms with E-state index in [2.05, 4.69) is 0 Å². The van der Waals surface area contributed by atoms with Gasteiger partial charge in [0.25, 0.3) is 0 Å². The molecule has 1 N–H and O–H groups in total. The maximum atomic E-state index is 12.6. The lowest BCUT2D eigenvalue weighted by atomic mass is 9.99. The van der Waals surface area contributed by atoms with Crippen LogP contribution in [-0.2, 0) is 17.3 Å². The van der Waals surface area contributed by atoms with Crippen LogP contribution >= 0.6 is 0 Å². The average Bonchev–Trinajstić information content (AvgIpc) is 3.13. The third kappa shape index (κ3) is 3.70. The molecule has 1 aromatic rings. The van der Waals surface area contributed by atoms with Crippen LogP contribution in [0.3, 0.4) is 0 Å². The number of aliphatic hydroxyl groups is 1. The van der Waals surface area contributed by atoms with Crippen LogP contribution in [0, 0.1) is 5.92 Å². The summed E-state index contributed by atoms with van der Waals surface area (Å²) in [5, 5.41) is 10.1. The van der Waals surface area contributed by atoms with Crippen molar-refractivity contribution in [1.29, 1.82) is 0 Å². The first kappa shape index (κ1) is 14.3. The second-order valence-electron chi connectivity index (χ2n) is 5.01. The van der Waals surface area contributed by atoms with Gasteiger partial charge in [-0.15, -0.1) is 0 Å². The summed E-state index contributed by atoms with van der Waals surface area (Å²) in [5.41, 5.74) is -0.206. The Labute approximate surface area is 110 Å². The van der Waals surface area contributed by atoms with E-state index in [1.165, 1.54) is 13.2 Å². The van der Waals surface area contributed by atoms with Crippen molar-refractivity contribution in [2.24, 2.45) is 5.92 Å². The Balaban J connectivity index is 2.06. The molecule has 0 saturated heterocycles. The van der Waals surface area contributed by atoms with Gasteiger partial charge in [0.15, 0.2) is 0 Å². The van der Waals surface area contributed by atoms with Gasteiger partial charge in [0.05, 0.1) is 17.8 Å². The number of halogens is 3. The lowest BCUT2D eigenvalue weighted by Gasteiger charge is -2.21. The Morgan fingerprint density at radius 1 is 1.37 bits per heavy atom. The predicted molar refractivity (Wildman–Crippen MR) is 64.7 cm³/mol. The summed E-state index contributed by atoms with van der Waals surface area (Å²) in [7, 11) is 1.53. The van der Waals surface area contributed by atoms with Gasteiger partial charge >= 0.3 is 6.18 Å². The molecule has 1 aliphatic carbocycles. The van der Waals surface area contributed by atoms with E-state index < -0.39 is 17.8 Å². The van der Waals surface area contributed by atoms with Crippen molar-refractivity contribution in [2.75, 3.05) is 7.11 Å². The quantitative estimate of drug-likeness (QED) is 0.894. The molecular formula is C14H17F3O2. The fourth-order valence-electron chi connectivity index (χ4n) is 2.32. The standard InChI is InChI=1S/C14H17F3O2/c1-19-13(10-5-6-10)12(18)8-9-3-2-4-11(7-9)14(15,16)17/h2-4,7,10,12-13,18H,5-6,8H2,1H3. The highest BCUT2D eigenvalue weighted by Crippen LogP contribution is 2.36. The zero-order valence-electron chi connectivity index (χ0n) is 10.7. The average molecular weight is 274 g/mol. The minimum atomic E-state index is -4.35. The molecule has 1 aromatic carbocycles. The van der Waals surface area contributed by atoms with Crippen LogP contribution in [0.1, 0.15) is 24.0 Å². The normalized spacial score (nSPS) is 19.2.